The van der Waals surface area contributed by atoms with E-state index in [1.807, 2.05) is 0 Å². The van der Waals surface area contributed by atoms with Gasteiger partial charge in [0.05, 0.1) is 6.10 Å². The Bertz CT molecular complexity index is 543. The van der Waals surface area contributed by atoms with E-state index in [0.29, 0.717) is 23.5 Å². The van der Waals surface area contributed by atoms with Crippen molar-refractivity contribution in [3.05, 3.63) is 0 Å². The number of ketones is 1. The van der Waals surface area contributed by atoms with Crippen LogP contribution >= 0.6 is 0 Å². The third-order valence-corrected chi connectivity index (χ3v) is 9.10. The SMILES string of the molecule is C[C@]12CC[C@H]3[C@@H](CCC4CC(O)CC[C@@]43C)[C@@H]1CC[C@@H]2C(=O)C=O. The Balaban J connectivity index is 1.61. The number of Topliss-reactive ketones (excluding diaryl/α,β-unsaturated/α-hetero) is 1. The molecule has 2 unspecified atom stereocenters. The van der Waals surface area contributed by atoms with Crippen LogP contribution < -0.4 is 0 Å². The van der Waals surface area contributed by atoms with E-state index in [2.05, 4.69) is 13.8 Å². The first kappa shape index (κ1) is 16.8. The fourth-order valence-corrected chi connectivity index (χ4v) is 7.78. The van der Waals surface area contributed by atoms with E-state index < -0.39 is 0 Å². The quantitative estimate of drug-likeness (QED) is 0.618. The fourth-order valence-electron chi connectivity index (χ4n) is 7.78. The summed E-state index contributed by atoms with van der Waals surface area (Å²) in [4.78, 5) is 23.3. The molecule has 3 nitrogen and oxygen atoms in total. The molecule has 0 saturated heterocycles. The molecule has 4 aliphatic rings. The molecule has 0 radical (unpaired) electrons. The highest BCUT2D eigenvalue weighted by molar-refractivity contribution is 6.26. The van der Waals surface area contributed by atoms with Gasteiger partial charge in [0, 0.05) is 5.92 Å². The molecule has 3 heteroatoms. The van der Waals surface area contributed by atoms with E-state index in [1.165, 1.54) is 25.7 Å². The lowest BCUT2D eigenvalue weighted by atomic mass is 9.44. The average Bonchev–Trinajstić information content (AvgIpc) is 2.92. The molecule has 4 rings (SSSR count). The lowest BCUT2D eigenvalue weighted by Crippen LogP contribution is -2.54. The second-order valence-electron chi connectivity index (χ2n) is 9.78. The van der Waals surface area contributed by atoms with E-state index in [1.54, 1.807) is 0 Å². The summed E-state index contributed by atoms with van der Waals surface area (Å²) in [5, 5.41) is 10.1. The minimum Gasteiger partial charge on any atom is -0.393 e. The van der Waals surface area contributed by atoms with Gasteiger partial charge in [-0.15, -0.1) is 0 Å². The highest BCUT2D eigenvalue weighted by atomic mass is 16.3. The van der Waals surface area contributed by atoms with Crippen LogP contribution in [0.4, 0.5) is 0 Å². The van der Waals surface area contributed by atoms with E-state index >= 15 is 0 Å². The zero-order chi connectivity index (χ0) is 17.1. The van der Waals surface area contributed by atoms with Crippen LogP contribution in [0.3, 0.4) is 0 Å². The summed E-state index contributed by atoms with van der Waals surface area (Å²) >= 11 is 0. The zero-order valence-corrected chi connectivity index (χ0v) is 15.2. The van der Waals surface area contributed by atoms with Gasteiger partial charge in [0.25, 0.3) is 0 Å². The Hall–Kier alpha value is -0.700. The number of rotatable bonds is 2. The normalized spacial score (nSPS) is 53.6. The Morgan fingerprint density at radius 2 is 1.67 bits per heavy atom. The molecule has 0 aromatic carbocycles. The molecule has 4 fully saturated rings. The van der Waals surface area contributed by atoms with Crippen molar-refractivity contribution in [2.75, 3.05) is 0 Å². The van der Waals surface area contributed by atoms with Crippen LogP contribution in [0.2, 0.25) is 0 Å². The predicted octanol–water partition coefficient (Wildman–Crippen LogP) is 3.77. The van der Waals surface area contributed by atoms with Crippen LogP contribution in [0.15, 0.2) is 0 Å². The number of carbonyl (C=O) groups is 2. The number of fused-ring (bicyclic) bond motifs is 5. The van der Waals surface area contributed by atoms with Crippen molar-refractivity contribution in [2.24, 2.45) is 40.4 Å². The minimum absolute atomic E-state index is 0.0281. The molecule has 0 bridgehead atoms. The van der Waals surface area contributed by atoms with Gasteiger partial charge in [-0.2, -0.15) is 0 Å². The number of aldehydes is 1. The molecule has 1 N–H and O–H groups in total. The van der Waals surface area contributed by atoms with Crippen molar-refractivity contribution in [3.63, 3.8) is 0 Å². The molecule has 0 amide bonds. The van der Waals surface area contributed by atoms with Crippen LogP contribution in [0.5, 0.6) is 0 Å². The maximum atomic E-state index is 12.2. The van der Waals surface area contributed by atoms with Crippen molar-refractivity contribution in [1.29, 1.82) is 0 Å². The van der Waals surface area contributed by atoms with Gasteiger partial charge < -0.3 is 5.11 Å². The second-order valence-corrected chi connectivity index (χ2v) is 9.78. The van der Waals surface area contributed by atoms with Gasteiger partial charge in [-0.05, 0) is 92.3 Å². The summed E-state index contributed by atoms with van der Waals surface area (Å²) in [6.07, 6.45) is 10.5. The average molecular weight is 332 g/mol. The number of aliphatic hydroxyl groups is 1. The lowest BCUT2D eigenvalue weighted by Gasteiger charge is -2.60. The Morgan fingerprint density at radius 3 is 2.42 bits per heavy atom. The molecule has 0 aromatic heterocycles. The topological polar surface area (TPSA) is 54.4 Å². The number of carbonyl (C=O) groups excluding carboxylic acids is 2. The largest absolute Gasteiger partial charge is 0.393 e. The monoisotopic (exact) mass is 332 g/mol. The predicted molar refractivity (Wildman–Crippen MR) is 92.3 cm³/mol. The fraction of sp³-hybridized carbons (Fsp3) is 0.905. The molecule has 4 aliphatic carbocycles. The van der Waals surface area contributed by atoms with Crippen LogP contribution in [0.25, 0.3) is 0 Å². The highest BCUT2D eigenvalue weighted by Gasteiger charge is 2.61. The number of hydrogen-bond acceptors (Lipinski definition) is 3. The summed E-state index contributed by atoms with van der Waals surface area (Å²) in [5.41, 5.74) is 0.437. The third kappa shape index (κ3) is 2.19. The molecular formula is C21H32O3. The molecule has 0 aliphatic heterocycles. The Labute approximate surface area is 145 Å². The molecule has 0 aromatic rings. The highest BCUT2D eigenvalue weighted by Crippen LogP contribution is 2.67. The van der Waals surface area contributed by atoms with Gasteiger partial charge in [0.15, 0.2) is 12.1 Å². The Morgan fingerprint density at radius 1 is 0.958 bits per heavy atom. The molecule has 24 heavy (non-hydrogen) atoms. The summed E-state index contributed by atoms with van der Waals surface area (Å²) in [5.74, 6) is 2.60. The standard InChI is InChI=1S/C21H32O3/c1-20-9-7-14(23)11-13(20)3-4-15-16-5-6-18(19(24)12-22)21(16,2)10-8-17(15)20/h12-18,23H,3-11H2,1-2H3/t13?,14?,15-,16-,17-,18+,20-,21-/m0/s1. The van der Waals surface area contributed by atoms with E-state index in [9.17, 15) is 14.7 Å². The summed E-state index contributed by atoms with van der Waals surface area (Å²) in [6.45, 7) is 4.79. The van der Waals surface area contributed by atoms with Crippen LogP contribution in [-0.2, 0) is 9.59 Å². The van der Waals surface area contributed by atoms with Crippen LogP contribution in [-0.4, -0.2) is 23.3 Å². The summed E-state index contributed by atoms with van der Waals surface area (Å²) in [7, 11) is 0. The molecule has 0 spiro atoms. The van der Waals surface area contributed by atoms with Crippen molar-refractivity contribution in [3.8, 4) is 0 Å². The zero-order valence-electron chi connectivity index (χ0n) is 15.2. The smallest absolute Gasteiger partial charge is 0.198 e. The van der Waals surface area contributed by atoms with Crippen molar-refractivity contribution in [2.45, 2.75) is 77.7 Å². The van der Waals surface area contributed by atoms with Gasteiger partial charge in [-0.1, -0.05) is 13.8 Å². The van der Waals surface area contributed by atoms with Crippen molar-refractivity contribution >= 4 is 12.1 Å². The van der Waals surface area contributed by atoms with Gasteiger partial charge >= 0.3 is 0 Å². The number of hydrogen-bond donors (Lipinski definition) is 1. The van der Waals surface area contributed by atoms with Gasteiger partial charge in [-0.25, -0.2) is 0 Å². The van der Waals surface area contributed by atoms with Crippen molar-refractivity contribution in [1.82, 2.24) is 0 Å². The molecule has 0 heterocycles. The van der Waals surface area contributed by atoms with Gasteiger partial charge in [-0.3, -0.25) is 9.59 Å². The Kier molecular flexibility index (Phi) is 3.95. The molecule has 4 saturated carbocycles. The van der Waals surface area contributed by atoms with Gasteiger partial charge in [0.2, 0.25) is 0 Å². The van der Waals surface area contributed by atoms with E-state index in [0.717, 1.165) is 43.9 Å². The van der Waals surface area contributed by atoms with E-state index in [4.69, 9.17) is 0 Å². The summed E-state index contributed by atoms with van der Waals surface area (Å²) in [6, 6.07) is 0. The van der Waals surface area contributed by atoms with Crippen LogP contribution in [0, 0.1) is 40.4 Å². The first-order valence-corrected chi connectivity index (χ1v) is 10.1. The first-order valence-electron chi connectivity index (χ1n) is 10.1. The molecular weight excluding hydrogens is 300 g/mol. The number of aliphatic hydroxyl groups excluding tert-OH is 1. The molecule has 134 valence electrons. The second kappa shape index (κ2) is 5.65. The summed E-state index contributed by atoms with van der Waals surface area (Å²) < 4.78 is 0. The first-order chi connectivity index (χ1) is 11.4. The lowest BCUT2D eigenvalue weighted by molar-refractivity contribution is -0.143. The van der Waals surface area contributed by atoms with E-state index in [-0.39, 0.29) is 23.2 Å². The van der Waals surface area contributed by atoms with Crippen molar-refractivity contribution < 1.29 is 14.7 Å². The maximum absolute atomic E-state index is 12.2. The minimum atomic E-state index is -0.154. The van der Waals surface area contributed by atoms with Crippen LogP contribution in [0.1, 0.15) is 71.6 Å². The van der Waals surface area contributed by atoms with Gasteiger partial charge in [0.1, 0.15) is 0 Å². The third-order valence-electron chi connectivity index (χ3n) is 9.10. The maximum Gasteiger partial charge on any atom is 0.198 e. The molecule has 8 atom stereocenters.